The fourth-order valence-electron chi connectivity index (χ4n) is 8.48. The predicted octanol–water partition coefficient (Wildman–Crippen LogP) is 14.2. The standard InChI is InChI=1S/C50H30O/c1-2-10-31(11-3-1)33-23-26-46-45(30-33)44-19-9-18-42-39(25-27-47(51-46)49(42)44)36-22-24-38-34(28-36)14-8-17-43(38)50-41-16-7-5-13-35(41)29-37-21-20-32-12-4-6-15-40(32)48(37)50/h1-30H. The van der Waals surface area contributed by atoms with Crippen LogP contribution in [0.3, 0.4) is 0 Å². The van der Waals surface area contributed by atoms with E-state index in [4.69, 9.17) is 4.74 Å². The topological polar surface area (TPSA) is 9.23 Å². The summed E-state index contributed by atoms with van der Waals surface area (Å²) in [4.78, 5) is 0. The van der Waals surface area contributed by atoms with Crippen molar-refractivity contribution < 1.29 is 4.74 Å². The first kappa shape index (κ1) is 28.2. The summed E-state index contributed by atoms with van der Waals surface area (Å²) in [5.74, 6) is 1.80. The Bertz CT molecular complexity index is 3040. The lowest BCUT2D eigenvalue weighted by Crippen LogP contribution is -1.98. The minimum atomic E-state index is 0.898. The summed E-state index contributed by atoms with van der Waals surface area (Å²) in [7, 11) is 0. The Hall–Kier alpha value is -6.70. The number of fused-ring (bicyclic) bond motifs is 7. The van der Waals surface area contributed by atoms with Gasteiger partial charge in [0.15, 0.2) is 0 Å². The minimum absolute atomic E-state index is 0.898. The summed E-state index contributed by atoms with van der Waals surface area (Å²) in [6.07, 6.45) is 0. The second-order valence-electron chi connectivity index (χ2n) is 13.6. The van der Waals surface area contributed by atoms with Crippen molar-refractivity contribution in [3.63, 3.8) is 0 Å². The molecule has 0 bridgehead atoms. The van der Waals surface area contributed by atoms with Crippen molar-refractivity contribution in [3.05, 3.63) is 182 Å². The van der Waals surface area contributed by atoms with E-state index in [2.05, 4.69) is 182 Å². The summed E-state index contributed by atoms with van der Waals surface area (Å²) < 4.78 is 6.57. The van der Waals surface area contributed by atoms with Crippen molar-refractivity contribution in [2.24, 2.45) is 0 Å². The van der Waals surface area contributed by atoms with Gasteiger partial charge in [0.1, 0.15) is 11.5 Å². The molecule has 0 atom stereocenters. The van der Waals surface area contributed by atoms with Crippen LogP contribution in [0.2, 0.25) is 0 Å². The summed E-state index contributed by atoms with van der Waals surface area (Å²) in [5, 5.41) is 12.5. The summed E-state index contributed by atoms with van der Waals surface area (Å²) in [6.45, 7) is 0. The van der Waals surface area contributed by atoms with Gasteiger partial charge in [0.25, 0.3) is 0 Å². The number of benzene rings is 10. The zero-order valence-corrected chi connectivity index (χ0v) is 27.7. The van der Waals surface area contributed by atoms with Crippen LogP contribution < -0.4 is 4.74 Å². The van der Waals surface area contributed by atoms with Crippen molar-refractivity contribution in [1.82, 2.24) is 0 Å². The van der Waals surface area contributed by atoms with E-state index in [0.29, 0.717) is 0 Å². The monoisotopic (exact) mass is 646 g/mol. The van der Waals surface area contributed by atoms with Gasteiger partial charge in [-0.15, -0.1) is 0 Å². The van der Waals surface area contributed by atoms with E-state index >= 15 is 0 Å². The van der Waals surface area contributed by atoms with Crippen molar-refractivity contribution in [2.45, 2.75) is 0 Å². The van der Waals surface area contributed by atoms with Gasteiger partial charge in [0, 0.05) is 10.9 Å². The lowest BCUT2D eigenvalue weighted by molar-refractivity contribution is 0.487. The number of ether oxygens (including phenoxy) is 1. The zero-order chi connectivity index (χ0) is 33.5. The van der Waals surface area contributed by atoms with Crippen molar-refractivity contribution in [3.8, 4) is 56.0 Å². The van der Waals surface area contributed by atoms with Crippen molar-refractivity contribution >= 4 is 53.9 Å². The van der Waals surface area contributed by atoms with E-state index in [1.54, 1.807) is 0 Å². The molecule has 0 fully saturated rings. The molecule has 51 heavy (non-hydrogen) atoms. The molecule has 0 unspecified atom stereocenters. The molecule has 0 amide bonds. The molecular weight excluding hydrogens is 617 g/mol. The van der Waals surface area contributed by atoms with E-state index in [1.807, 2.05) is 0 Å². The summed E-state index contributed by atoms with van der Waals surface area (Å²) >= 11 is 0. The third kappa shape index (κ3) is 4.28. The molecule has 1 aliphatic rings. The quantitative estimate of drug-likeness (QED) is 0.137. The molecule has 0 N–H and O–H groups in total. The van der Waals surface area contributed by atoms with Crippen LogP contribution in [0, 0.1) is 0 Å². The van der Waals surface area contributed by atoms with Crippen LogP contribution in [-0.2, 0) is 0 Å². The Labute approximate surface area is 295 Å². The SMILES string of the molecule is c1ccc(-c2ccc3c(c2)-c2cccc4c(-c5ccc6c(-c7c8ccccc8cc8ccc9ccccc9c78)cccc6c5)ccc(c24)O3)cc1. The molecule has 0 radical (unpaired) electrons. The maximum atomic E-state index is 6.57. The largest absolute Gasteiger partial charge is 0.456 e. The van der Waals surface area contributed by atoms with Gasteiger partial charge in [-0.3, -0.25) is 0 Å². The average Bonchev–Trinajstić information content (AvgIpc) is 3.20. The maximum absolute atomic E-state index is 6.57. The Kier molecular flexibility index (Phi) is 6.02. The fraction of sp³-hybridized carbons (Fsp3) is 0. The molecule has 0 spiro atoms. The normalized spacial score (nSPS) is 12.1. The van der Waals surface area contributed by atoms with Gasteiger partial charge in [-0.2, -0.15) is 0 Å². The molecule has 11 rings (SSSR count). The van der Waals surface area contributed by atoms with Crippen molar-refractivity contribution in [2.75, 3.05) is 0 Å². The van der Waals surface area contributed by atoms with E-state index < -0.39 is 0 Å². The number of hydrogen-bond acceptors (Lipinski definition) is 1. The molecule has 1 nitrogen and oxygen atoms in total. The summed E-state index contributed by atoms with van der Waals surface area (Å²) in [5.41, 5.74) is 9.68. The zero-order valence-electron chi connectivity index (χ0n) is 27.7. The first-order valence-corrected chi connectivity index (χ1v) is 17.6. The van der Waals surface area contributed by atoms with Crippen LogP contribution in [0.25, 0.3) is 98.4 Å². The Morgan fingerprint density at radius 1 is 0.275 bits per heavy atom. The van der Waals surface area contributed by atoms with Gasteiger partial charge in [-0.25, -0.2) is 0 Å². The van der Waals surface area contributed by atoms with E-state index in [0.717, 1.165) is 22.4 Å². The molecule has 1 heterocycles. The van der Waals surface area contributed by atoms with Crippen LogP contribution in [0.15, 0.2) is 182 Å². The smallest absolute Gasteiger partial charge is 0.135 e. The lowest BCUT2D eigenvalue weighted by Gasteiger charge is -2.23. The van der Waals surface area contributed by atoms with Gasteiger partial charge < -0.3 is 4.74 Å². The lowest BCUT2D eigenvalue weighted by atomic mass is 9.86. The van der Waals surface area contributed by atoms with Crippen LogP contribution in [0.5, 0.6) is 11.5 Å². The summed E-state index contributed by atoms with van der Waals surface area (Å²) in [6, 6.07) is 66.3. The number of rotatable bonds is 3. The molecule has 1 aliphatic heterocycles. The van der Waals surface area contributed by atoms with Gasteiger partial charge >= 0.3 is 0 Å². The maximum Gasteiger partial charge on any atom is 0.135 e. The van der Waals surface area contributed by atoms with Crippen LogP contribution in [0.1, 0.15) is 0 Å². The van der Waals surface area contributed by atoms with Crippen LogP contribution in [-0.4, -0.2) is 0 Å². The molecule has 0 aromatic heterocycles. The highest BCUT2D eigenvalue weighted by Gasteiger charge is 2.23. The van der Waals surface area contributed by atoms with Gasteiger partial charge in [0.05, 0.1) is 0 Å². The second kappa shape index (κ2) is 10.9. The highest BCUT2D eigenvalue weighted by atomic mass is 16.5. The fourth-order valence-corrected chi connectivity index (χ4v) is 8.48. The van der Waals surface area contributed by atoms with E-state index in [1.165, 1.54) is 87.4 Å². The molecule has 10 aromatic carbocycles. The molecular formula is C50H30O. The Morgan fingerprint density at radius 3 is 1.88 bits per heavy atom. The molecule has 10 aromatic rings. The first-order chi connectivity index (χ1) is 25.3. The third-order valence-corrected chi connectivity index (χ3v) is 10.8. The predicted molar refractivity (Wildman–Crippen MR) is 216 cm³/mol. The van der Waals surface area contributed by atoms with E-state index in [-0.39, 0.29) is 0 Å². The van der Waals surface area contributed by atoms with Crippen molar-refractivity contribution in [1.29, 1.82) is 0 Å². The van der Waals surface area contributed by atoms with E-state index in [9.17, 15) is 0 Å². The molecule has 236 valence electrons. The average molecular weight is 647 g/mol. The highest BCUT2D eigenvalue weighted by molar-refractivity contribution is 6.24. The molecule has 0 saturated heterocycles. The van der Waals surface area contributed by atoms with Gasteiger partial charge in [-0.05, 0) is 118 Å². The Morgan fingerprint density at radius 2 is 0.961 bits per heavy atom. The number of hydrogen-bond donors (Lipinski definition) is 0. The molecule has 0 saturated carbocycles. The van der Waals surface area contributed by atoms with Crippen LogP contribution in [0.4, 0.5) is 0 Å². The first-order valence-electron chi connectivity index (χ1n) is 17.6. The highest BCUT2D eigenvalue weighted by Crippen LogP contribution is 2.50. The Balaban J connectivity index is 1.11. The third-order valence-electron chi connectivity index (χ3n) is 10.8. The van der Waals surface area contributed by atoms with Gasteiger partial charge in [-0.1, -0.05) is 152 Å². The minimum Gasteiger partial charge on any atom is -0.456 e. The van der Waals surface area contributed by atoms with Crippen LogP contribution >= 0.6 is 0 Å². The molecule has 1 heteroatoms. The second-order valence-corrected chi connectivity index (χ2v) is 13.6. The molecule has 0 aliphatic carbocycles. The van der Waals surface area contributed by atoms with Gasteiger partial charge in [0.2, 0.25) is 0 Å².